The molecule has 0 aliphatic rings. The molecule has 0 amide bonds. The monoisotopic (exact) mass is 314 g/mol. The van der Waals surface area contributed by atoms with E-state index in [4.69, 9.17) is 5.11 Å². The van der Waals surface area contributed by atoms with E-state index < -0.39 is 35.2 Å². The number of carbonyl (C=O) groups is 1. The van der Waals surface area contributed by atoms with Crippen LogP contribution in [0.5, 0.6) is 0 Å². The fourth-order valence-corrected chi connectivity index (χ4v) is 1.92. The van der Waals surface area contributed by atoms with Crippen molar-refractivity contribution in [3.63, 3.8) is 0 Å². The third-order valence-corrected chi connectivity index (χ3v) is 3.07. The molecule has 0 saturated carbocycles. The standard InChI is InChI=1S/C15H10F4O3/c16-12-6-3-9(7-11(12)13(20)14(21)22)8-1-4-10(5-2-8)15(17,18)19/h1-7,13,20H,(H,21,22). The summed E-state index contributed by atoms with van der Waals surface area (Å²) in [5, 5.41) is 18.1. The van der Waals surface area contributed by atoms with Crippen LogP contribution in [0.3, 0.4) is 0 Å². The molecule has 0 aliphatic carbocycles. The van der Waals surface area contributed by atoms with Crippen molar-refractivity contribution in [1.82, 2.24) is 0 Å². The third-order valence-electron chi connectivity index (χ3n) is 3.07. The lowest BCUT2D eigenvalue weighted by Crippen LogP contribution is -2.12. The smallest absolute Gasteiger partial charge is 0.416 e. The number of alkyl halides is 3. The lowest BCUT2D eigenvalue weighted by molar-refractivity contribution is -0.147. The van der Waals surface area contributed by atoms with Crippen LogP contribution in [0.1, 0.15) is 17.2 Å². The lowest BCUT2D eigenvalue weighted by Gasteiger charge is -2.11. The van der Waals surface area contributed by atoms with Gasteiger partial charge in [-0.3, -0.25) is 0 Å². The second-order valence-electron chi connectivity index (χ2n) is 4.55. The number of benzene rings is 2. The zero-order valence-electron chi connectivity index (χ0n) is 10.9. The highest BCUT2D eigenvalue weighted by Crippen LogP contribution is 2.32. The predicted octanol–water partition coefficient (Wildman–Crippen LogP) is 3.63. The minimum absolute atomic E-state index is 0.297. The zero-order chi connectivity index (χ0) is 16.5. The molecule has 22 heavy (non-hydrogen) atoms. The summed E-state index contributed by atoms with van der Waals surface area (Å²) in [7, 11) is 0. The Morgan fingerprint density at radius 1 is 1.00 bits per heavy atom. The van der Waals surface area contributed by atoms with Gasteiger partial charge in [0.2, 0.25) is 0 Å². The molecule has 0 aliphatic heterocycles. The summed E-state index contributed by atoms with van der Waals surface area (Å²) in [6.07, 6.45) is -6.51. The average Bonchev–Trinajstić information content (AvgIpc) is 2.46. The Morgan fingerprint density at radius 3 is 2.05 bits per heavy atom. The Morgan fingerprint density at radius 2 is 1.55 bits per heavy atom. The van der Waals surface area contributed by atoms with Crippen molar-refractivity contribution in [2.24, 2.45) is 0 Å². The fraction of sp³-hybridized carbons (Fsp3) is 0.133. The summed E-state index contributed by atoms with van der Waals surface area (Å²) >= 11 is 0. The number of rotatable bonds is 3. The van der Waals surface area contributed by atoms with E-state index in [-0.39, 0.29) is 0 Å². The van der Waals surface area contributed by atoms with Gasteiger partial charge < -0.3 is 10.2 Å². The van der Waals surface area contributed by atoms with E-state index in [1.807, 2.05) is 0 Å². The maximum atomic E-state index is 13.5. The molecule has 1 unspecified atom stereocenters. The first kappa shape index (κ1) is 16.0. The molecule has 2 aromatic rings. The number of aliphatic hydroxyl groups excluding tert-OH is 1. The molecule has 1 atom stereocenters. The summed E-state index contributed by atoms with van der Waals surface area (Å²) in [5.74, 6) is -2.53. The van der Waals surface area contributed by atoms with E-state index in [0.29, 0.717) is 11.1 Å². The Hall–Kier alpha value is -2.41. The van der Waals surface area contributed by atoms with Crippen LogP contribution < -0.4 is 0 Å². The zero-order valence-corrected chi connectivity index (χ0v) is 10.9. The molecule has 0 heterocycles. The molecular weight excluding hydrogens is 304 g/mol. The van der Waals surface area contributed by atoms with Crippen molar-refractivity contribution in [2.75, 3.05) is 0 Å². The first-order chi connectivity index (χ1) is 10.2. The molecular formula is C15H10F4O3. The van der Waals surface area contributed by atoms with Gasteiger partial charge in [-0.25, -0.2) is 9.18 Å². The van der Waals surface area contributed by atoms with Crippen LogP contribution in [0.2, 0.25) is 0 Å². The van der Waals surface area contributed by atoms with Gasteiger partial charge in [-0.05, 0) is 35.4 Å². The molecule has 0 fully saturated rings. The average molecular weight is 314 g/mol. The molecule has 2 N–H and O–H groups in total. The number of halogens is 4. The number of aliphatic hydroxyl groups is 1. The highest BCUT2D eigenvalue weighted by atomic mass is 19.4. The fourth-order valence-electron chi connectivity index (χ4n) is 1.92. The van der Waals surface area contributed by atoms with Gasteiger partial charge in [0.25, 0.3) is 0 Å². The van der Waals surface area contributed by atoms with Gasteiger partial charge in [0, 0.05) is 5.56 Å². The van der Waals surface area contributed by atoms with Crippen molar-refractivity contribution in [1.29, 1.82) is 0 Å². The maximum Gasteiger partial charge on any atom is 0.416 e. The van der Waals surface area contributed by atoms with Gasteiger partial charge in [-0.1, -0.05) is 18.2 Å². The van der Waals surface area contributed by atoms with Gasteiger partial charge >= 0.3 is 12.1 Å². The van der Waals surface area contributed by atoms with E-state index in [0.717, 1.165) is 24.3 Å². The van der Waals surface area contributed by atoms with Crippen LogP contribution in [-0.4, -0.2) is 16.2 Å². The van der Waals surface area contributed by atoms with Crippen molar-refractivity contribution in [2.45, 2.75) is 12.3 Å². The minimum Gasteiger partial charge on any atom is -0.479 e. The SMILES string of the molecule is O=C(O)C(O)c1cc(-c2ccc(C(F)(F)F)cc2)ccc1F. The topological polar surface area (TPSA) is 57.5 Å². The molecule has 2 rings (SSSR count). The van der Waals surface area contributed by atoms with Crippen molar-refractivity contribution in [3.8, 4) is 11.1 Å². The van der Waals surface area contributed by atoms with Crippen molar-refractivity contribution < 1.29 is 32.6 Å². The third kappa shape index (κ3) is 3.25. The van der Waals surface area contributed by atoms with Crippen molar-refractivity contribution >= 4 is 5.97 Å². The molecule has 116 valence electrons. The van der Waals surface area contributed by atoms with Crippen LogP contribution in [-0.2, 0) is 11.0 Å². The molecule has 0 aromatic heterocycles. The normalized spacial score (nSPS) is 13.0. The first-order valence-electron chi connectivity index (χ1n) is 6.08. The Balaban J connectivity index is 2.41. The Kier molecular flexibility index (Phi) is 4.18. The molecule has 0 spiro atoms. The molecule has 7 heteroatoms. The predicted molar refractivity (Wildman–Crippen MR) is 69.4 cm³/mol. The van der Waals surface area contributed by atoms with Gasteiger partial charge in [0.1, 0.15) is 5.82 Å². The second-order valence-corrected chi connectivity index (χ2v) is 4.55. The van der Waals surface area contributed by atoms with E-state index >= 15 is 0 Å². The summed E-state index contributed by atoms with van der Waals surface area (Å²) in [4.78, 5) is 10.7. The van der Waals surface area contributed by atoms with Crippen LogP contribution >= 0.6 is 0 Å². The lowest BCUT2D eigenvalue weighted by atomic mass is 9.99. The number of hydrogen-bond acceptors (Lipinski definition) is 2. The van der Waals surface area contributed by atoms with E-state index in [1.54, 1.807) is 0 Å². The van der Waals surface area contributed by atoms with Crippen LogP contribution in [0.4, 0.5) is 17.6 Å². The van der Waals surface area contributed by atoms with E-state index in [9.17, 15) is 27.5 Å². The maximum absolute atomic E-state index is 13.5. The number of aliphatic carboxylic acids is 1. The van der Waals surface area contributed by atoms with Crippen LogP contribution in [0.15, 0.2) is 42.5 Å². The quantitative estimate of drug-likeness (QED) is 0.851. The number of carboxylic acid groups (broad SMARTS) is 1. The number of hydrogen-bond donors (Lipinski definition) is 2. The summed E-state index contributed by atoms with van der Waals surface area (Å²) in [6, 6.07) is 7.44. The van der Waals surface area contributed by atoms with Gasteiger partial charge in [0.15, 0.2) is 6.10 Å². The van der Waals surface area contributed by atoms with Gasteiger partial charge in [-0.2, -0.15) is 13.2 Å². The molecule has 0 radical (unpaired) electrons. The molecule has 0 saturated heterocycles. The minimum atomic E-state index is -4.47. The van der Waals surface area contributed by atoms with Gasteiger partial charge in [-0.15, -0.1) is 0 Å². The number of carboxylic acids is 1. The highest BCUT2D eigenvalue weighted by Gasteiger charge is 2.30. The summed E-state index contributed by atoms with van der Waals surface area (Å²) in [6.45, 7) is 0. The molecule has 3 nitrogen and oxygen atoms in total. The molecule has 0 bridgehead atoms. The molecule has 2 aromatic carbocycles. The second kappa shape index (κ2) is 5.76. The highest BCUT2D eigenvalue weighted by molar-refractivity contribution is 5.75. The summed E-state index contributed by atoms with van der Waals surface area (Å²) in [5.41, 5.74) is -0.647. The Bertz CT molecular complexity index is 693. The van der Waals surface area contributed by atoms with Crippen molar-refractivity contribution in [3.05, 3.63) is 59.4 Å². The van der Waals surface area contributed by atoms with Crippen LogP contribution in [0, 0.1) is 5.82 Å². The Labute approximate surface area is 122 Å². The van der Waals surface area contributed by atoms with Crippen LogP contribution in [0.25, 0.3) is 11.1 Å². The van der Waals surface area contributed by atoms with E-state index in [1.165, 1.54) is 18.2 Å². The van der Waals surface area contributed by atoms with Gasteiger partial charge in [0.05, 0.1) is 5.56 Å². The van der Waals surface area contributed by atoms with E-state index in [2.05, 4.69) is 0 Å². The summed E-state index contributed by atoms with van der Waals surface area (Å²) < 4.78 is 51.0. The largest absolute Gasteiger partial charge is 0.479 e. The first-order valence-corrected chi connectivity index (χ1v) is 6.08.